The van der Waals surface area contributed by atoms with Gasteiger partial charge in [-0.2, -0.15) is 9.61 Å². The van der Waals surface area contributed by atoms with Gasteiger partial charge in [0.25, 0.3) is 5.91 Å². The molecule has 8 nitrogen and oxygen atoms in total. The van der Waals surface area contributed by atoms with Gasteiger partial charge in [0.2, 0.25) is 4.96 Å². The van der Waals surface area contributed by atoms with Crippen LogP contribution in [0.1, 0.15) is 28.7 Å². The number of hydrogen-bond donors (Lipinski definition) is 1. The van der Waals surface area contributed by atoms with Crippen molar-refractivity contribution in [2.24, 2.45) is 0 Å². The molecule has 0 spiro atoms. The van der Waals surface area contributed by atoms with Gasteiger partial charge in [-0.15, -0.1) is 10.2 Å². The molecule has 0 radical (unpaired) electrons. The van der Waals surface area contributed by atoms with Crippen LogP contribution < -0.4 is 14.8 Å². The minimum absolute atomic E-state index is 0.251. The van der Waals surface area contributed by atoms with E-state index in [-0.39, 0.29) is 5.91 Å². The molecule has 2 aromatic carbocycles. The summed E-state index contributed by atoms with van der Waals surface area (Å²) in [4.78, 5) is 13.6. The second-order valence-corrected chi connectivity index (χ2v) is 7.61. The van der Waals surface area contributed by atoms with Gasteiger partial charge in [-0.25, -0.2) is 0 Å². The van der Waals surface area contributed by atoms with Crippen LogP contribution in [-0.2, 0) is 6.42 Å². The molecule has 2 aromatic heterocycles. The van der Waals surface area contributed by atoms with Crippen molar-refractivity contribution < 1.29 is 14.3 Å². The lowest BCUT2D eigenvalue weighted by Gasteiger charge is -2.12. The average Bonchev–Trinajstić information content (AvgIpc) is 3.35. The Morgan fingerprint density at radius 1 is 1.10 bits per heavy atom. The first-order chi connectivity index (χ1) is 14.5. The molecule has 4 rings (SSSR count). The van der Waals surface area contributed by atoms with E-state index in [1.165, 1.54) is 11.3 Å². The molecule has 0 saturated heterocycles. The lowest BCUT2D eigenvalue weighted by Crippen LogP contribution is -2.13. The fourth-order valence-corrected chi connectivity index (χ4v) is 3.87. The molecule has 154 valence electrons. The maximum Gasteiger partial charge on any atom is 0.255 e. The first-order valence-corrected chi connectivity index (χ1v) is 10.2. The lowest BCUT2D eigenvalue weighted by molar-refractivity contribution is 0.102. The third kappa shape index (κ3) is 3.71. The molecule has 0 aliphatic rings. The van der Waals surface area contributed by atoms with Crippen molar-refractivity contribution >= 4 is 27.9 Å². The highest BCUT2D eigenvalue weighted by molar-refractivity contribution is 7.19. The fourth-order valence-electron chi connectivity index (χ4n) is 3.02. The second kappa shape index (κ2) is 8.11. The van der Waals surface area contributed by atoms with Gasteiger partial charge in [-0.3, -0.25) is 4.79 Å². The van der Waals surface area contributed by atoms with E-state index < -0.39 is 0 Å². The number of methoxy groups -OCH3 is 2. The summed E-state index contributed by atoms with van der Waals surface area (Å²) < 4.78 is 12.3. The molecule has 0 atom stereocenters. The highest BCUT2D eigenvalue weighted by Crippen LogP contribution is 2.30. The van der Waals surface area contributed by atoms with Gasteiger partial charge in [0.05, 0.1) is 14.2 Å². The maximum absolute atomic E-state index is 12.9. The highest BCUT2D eigenvalue weighted by Gasteiger charge is 2.15. The topological polar surface area (TPSA) is 90.6 Å². The number of fused-ring (bicyclic) bond motifs is 1. The van der Waals surface area contributed by atoms with E-state index in [0.29, 0.717) is 22.7 Å². The summed E-state index contributed by atoms with van der Waals surface area (Å²) in [5.41, 5.74) is 3.00. The summed E-state index contributed by atoms with van der Waals surface area (Å²) in [6.45, 7) is 3.96. The standard InChI is InChI=1S/C21H21N5O3S/c1-5-18-23-24-21-26(18)25-20(30-21)13-7-6-12(2)17(10-13)22-19(27)14-8-15(28-3)11-16(9-14)29-4/h6-11H,5H2,1-4H3,(H,22,27). The average molecular weight is 423 g/mol. The molecular formula is C21H21N5O3S. The Kier molecular flexibility index (Phi) is 5.37. The predicted molar refractivity (Wildman–Crippen MR) is 116 cm³/mol. The largest absolute Gasteiger partial charge is 0.497 e. The normalized spacial score (nSPS) is 10.9. The third-order valence-corrected chi connectivity index (χ3v) is 5.67. The van der Waals surface area contributed by atoms with E-state index in [1.54, 1.807) is 36.9 Å². The van der Waals surface area contributed by atoms with Crippen LogP contribution in [0, 0.1) is 6.92 Å². The molecule has 4 aromatic rings. The molecule has 1 amide bonds. The second-order valence-electron chi connectivity index (χ2n) is 6.66. The summed E-state index contributed by atoms with van der Waals surface area (Å²) in [7, 11) is 3.10. The van der Waals surface area contributed by atoms with Crippen molar-refractivity contribution in [2.45, 2.75) is 20.3 Å². The van der Waals surface area contributed by atoms with Gasteiger partial charge < -0.3 is 14.8 Å². The molecule has 2 heterocycles. The molecule has 0 aliphatic carbocycles. The van der Waals surface area contributed by atoms with E-state index in [1.807, 2.05) is 32.0 Å². The summed E-state index contributed by atoms with van der Waals surface area (Å²) in [6, 6.07) is 10.9. The van der Waals surface area contributed by atoms with Gasteiger partial charge in [0, 0.05) is 29.3 Å². The van der Waals surface area contributed by atoms with Crippen molar-refractivity contribution in [1.29, 1.82) is 0 Å². The van der Waals surface area contributed by atoms with E-state index in [4.69, 9.17) is 9.47 Å². The molecule has 0 bridgehead atoms. The first-order valence-electron chi connectivity index (χ1n) is 9.39. The van der Waals surface area contributed by atoms with Gasteiger partial charge in [0.1, 0.15) is 16.5 Å². The zero-order valence-corrected chi connectivity index (χ0v) is 17.9. The zero-order chi connectivity index (χ0) is 21.3. The van der Waals surface area contributed by atoms with Crippen molar-refractivity contribution in [1.82, 2.24) is 19.8 Å². The van der Waals surface area contributed by atoms with Gasteiger partial charge >= 0.3 is 0 Å². The number of benzene rings is 2. The van der Waals surface area contributed by atoms with Crippen LogP contribution in [0.3, 0.4) is 0 Å². The van der Waals surface area contributed by atoms with Crippen LogP contribution >= 0.6 is 11.3 Å². The molecular weight excluding hydrogens is 402 g/mol. The number of amides is 1. The number of carbonyl (C=O) groups excluding carboxylic acids is 1. The van der Waals surface area contributed by atoms with Crippen molar-refractivity contribution in [3.8, 4) is 22.1 Å². The van der Waals surface area contributed by atoms with E-state index in [0.717, 1.165) is 33.3 Å². The van der Waals surface area contributed by atoms with Crippen molar-refractivity contribution in [3.63, 3.8) is 0 Å². The summed E-state index contributed by atoms with van der Waals surface area (Å²) in [5.74, 6) is 1.67. The van der Waals surface area contributed by atoms with E-state index in [2.05, 4.69) is 20.6 Å². The Morgan fingerprint density at radius 2 is 1.83 bits per heavy atom. The van der Waals surface area contributed by atoms with E-state index in [9.17, 15) is 4.79 Å². The number of rotatable bonds is 6. The third-order valence-electron chi connectivity index (χ3n) is 4.72. The molecule has 1 N–H and O–H groups in total. The minimum Gasteiger partial charge on any atom is -0.497 e. The zero-order valence-electron chi connectivity index (χ0n) is 17.1. The molecule has 0 fully saturated rings. The Bertz CT molecular complexity index is 1210. The molecule has 0 aliphatic heterocycles. The highest BCUT2D eigenvalue weighted by atomic mass is 32.1. The number of ether oxygens (including phenoxy) is 2. The minimum atomic E-state index is -0.251. The van der Waals surface area contributed by atoms with Gasteiger partial charge in [0.15, 0.2) is 5.82 Å². The van der Waals surface area contributed by atoms with Crippen LogP contribution in [0.25, 0.3) is 15.5 Å². The number of carbonyl (C=O) groups is 1. The van der Waals surface area contributed by atoms with Crippen LogP contribution in [-0.4, -0.2) is 39.9 Å². The number of aryl methyl sites for hydroxylation is 2. The summed E-state index contributed by atoms with van der Waals surface area (Å²) >= 11 is 1.46. The predicted octanol–water partition coefficient (Wildman–Crippen LogP) is 3.99. The van der Waals surface area contributed by atoms with Crippen molar-refractivity contribution in [2.75, 3.05) is 19.5 Å². The van der Waals surface area contributed by atoms with Gasteiger partial charge in [-0.05, 0) is 30.7 Å². The maximum atomic E-state index is 12.9. The van der Waals surface area contributed by atoms with Crippen LogP contribution in [0.2, 0.25) is 0 Å². The molecule has 0 saturated carbocycles. The summed E-state index contributed by atoms with van der Waals surface area (Å²) in [5, 5.41) is 16.7. The Balaban J connectivity index is 1.65. The Hall–Kier alpha value is -3.46. The lowest BCUT2D eigenvalue weighted by atomic mass is 10.1. The quantitative estimate of drug-likeness (QED) is 0.504. The number of hydrogen-bond acceptors (Lipinski definition) is 7. The number of nitrogens with one attached hydrogen (secondary N) is 1. The van der Waals surface area contributed by atoms with Gasteiger partial charge in [-0.1, -0.05) is 30.4 Å². The first kappa shape index (κ1) is 19.8. The molecule has 9 heteroatoms. The van der Waals surface area contributed by atoms with E-state index >= 15 is 0 Å². The fraction of sp³-hybridized carbons (Fsp3) is 0.238. The Morgan fingerprint density at radius 3 is 2.50 bits per heavy atom. The molecule has 30 heavy (non-hydrogen) atoms. The van der Waals surface area contributed by atoms with Crippen molar-refractivity contribution in [3.05, 3.63) is 53.3 Å². The number of aromatic nitrogens is 4. The Labute approximate surface area is 177 Å². The SMILES string of the molecule is CCc1nnc2sc(-c3ccc(C)c(NC(=O)c4cc(OC)cc(OC)c4)c3)nn12. The number of anilines is 1. The van der Waals surface area contributed by atoms with Crippen LogP contribution in [0.4, 0.5) is 5.69 Å². The molecule has 0 unspecified atom stereocenters. The summed E-state index contributed by atoms with van der Waals surface area (Å²) in [6.07, 6.45) is 0.754. The number of nitrogens with zero attached hydrogens (tertiary/aromatic N) is 4. The smallest absolute Gasteiger partial charge is 0.255 e. The van der Waals surface area contributed by atoms with Crippen LogP contribution in [0.15, 0.2) is 36.4 Å². The van der Waals surface area contributed by atoms with Crippen LogP contribution in [0.5, 0.6) is 11.5 Å². The monoisotopic (exact) mass is 423 g/mol.